The topological polar surface area (TPSA) is 50.4 Å². The van der Waals surface area contributed by atoms with E-state index in [1.165, 1.54) is 50.7 Å². The third-order valence-electron chi connectivity index (χ3n) is 3.81. The molecule has 0 heterocycles. The quantitative estimate of drug-likeness (QED) is 0.599. The maximum Gasteiger partial charge on any atom is 0.189 e. The van der Waals surface area contributed by atoms with Gasteiger partial charge in [-0.1, -0.05) is 26.2 Å². The second kappa shape index (κ2) is 6.53. The van der Waals surface area contributed by atoms with Crippen LogP contribution in [0.4, 0.5) is 0 Å². The van der Waals surface area contributed by atoms with Gasteiger partial charge in [-0.25, -0.2) is 4.99 Å². The molecule has 2 atom stereocenters. The predicted molar refractivity (Wildman–Crippen MR) is 76.6 cm³/mol. The Hall–Kier alpha value is -0.380. The molecule has 3 nitrogen and oxygen atoms in total. The molecular formula is C13H25N3S. The van der Waals surface area contributed by atoms with E-state index in [1.54, 1.807) is 0 Å². The van der Waals surface area contributed by atoms with Gasteiger partial charge in [-0.3, -0.25) is 0 Å². The van der Waals surface area contributed by atoms with Crippen LogP contribution in [0.3, 0.4) is 0 Å². The SMILES string of the molecule is CCSC1CCCC1N=C(N)NC1CCCC1. The predicted octanol–water partition coefficient (Wildman–Crippen LogP) is 2.51. The summed E-state index contributed by atoms with van der Waals surface area (Å²) in [4.78, 5) is 4.70. The van der Waals surface area contributed by atoms with Crippen molar-refractivity contribution in [3.63, 3.8) is 0 Å². The van der Waals surface area contributed by atoms with E-state index in [1.807, 2.05) is 11.8 Å². The monoisotopic (exact) mass is 255 g/mol. The zero-order valence-electron chi connectivity index (χ0n) is 10.8. The molecule has 17 heavy (non-hydrogen) atoms. The van der Waals surface area contributed by atoms with Crippen LogP contribution in [-0.2, 0) is 0 Å². The van der Waals surface area contributed by atoms with Crippen LogP contribution < -0.4 is 11.1 Å². The van der Waals surface area contributed by atoms with E-state index in [9.17, 15) is 0 Å². The second-order valence-corrected chi connectivity index (χ2v) is 6.65. The number of rotatable bonds is 4. The highest BCUT2D eigenvalue weighted by Crippen LogP contribution is 2.32. The first-order valence-corrected chi connectivity index (χ1v) is 8.06. The van der Waals surface area contributed by atoms with Gasteiger partial charge < -0.3 is 11.1 Å². The Morgan fingerprint density at radius 3 is 2.71 bits per heavy atom. The summed E-state index contributed by atoms with van der Waals surface area (Å²) in [5.74, 6) is 1.87. The zero-order chi connectivity index (χ0) is 12.1. The molecule has 0 radical (unpaired) electrons. The third kappa shape index (κ3) is 3.80. The minimum Gasteiger partial charge on any atom is -0.370 e. The van der Waals surface area contributed by atoms with Gasteiger partial charge in [-0.2, -0.15) is 11.8 Å². The summed E-state index contributed by atoms with van der Waals surface area (Å²) in [6, 6.07) is 1.03. The standard InChI is InChI=1S/C13H25N3S/c1-2-17-12-9-5-8-11(12)16-13(14)15-10-6-3-4-7-10/h10-12H,2-9H2,1H3,(H3,14,15,16). The number of nitrogens with zero attached hydrogens (tertiary/aromatic N) is 1. The van der Waals surface area contributed by atoms with Crippen molar-refractivity contribution in [3.05, 3.63) is 0 Å². The van der Waals surface area contributed by atoms with Gasteiger partial charge in [0.05, 0.1) is 6.04 Å². The second-order valence-electron chi connectivity index (χ2n) is 5.13. The Labute approximate surface area is 109 Å². The molecule has 2 unspecified atom stereocenters. The third-order valence-corrected chi connectivity index (χ3v) is 5.12. The van der Waals surface area contributed by atoms with Crippen molar-refractivity contribution in [2.24, 2.45) is 10.7 Å². The minimum absolute atomic E-state index is 0.453. The molecule has 2 rings (SSSR count). The highest BCUT2D eigenvalue weighted by atomic mass is 32.2. The Balaban J connectivity index is 1.83. The van der Waals surface area contributed by atoms with Crippen molar-refractivity contribution < 1.29 is 0 Å². The van der Waals surface area contributed by atoms with E-state index < -0.39 is 0 Å². The average Bonchev–Trinajstić information content (AvgIpc) is 2.92. The van der Waals surface area contributed by atoms with Crippen LogP contribution >= 0.6 is 11.8 Å². The summed E-state index contributed by atoms with van der Waals surface area (Å²) in [5.41, 5.74) is 6.02. The Morgan fingerprint density at radius 1 is 1.24 bits per heavy atom. The van der Waals surface area contributed by atoms with Crippen molar-refractivity contribution in [1.82, 2.24) is 5.32 Å². The number of hydrogen-bond donors (Lipinski definition) is 2. The highest BCUT2D eigenvalue weighted by Gasteiger charge is 2.27. The number of guanidine groups is 1. The molecule has 0 aliphatic heterocycles. The van der Waals surface area contributed by atoms with Crippen LogP contribution in [0.5, 0.6) is 0 Å². The molecule has 0 spiro atoms. The van der Waals surface area contributed by atoms with Gasteiger partial charge in [0.1, 0.15) is 0 Å². The number of nitrogens with two attached hydrogens (primary N) is 1. The van der Waals surface area contributed by atoms with E-state index in [-0.39, 0.29) is 0 Å². The van der Waals surface area contributed by atoms with Crippen molar-refractivity contribution >= 4 is 17.7 Å². The summed E-state index contributed by atoms with van der Waals surface area (Å²) >= 11 is 2.04. The Bertz CT molecular complexity index is 261. The number of thioether (sulfide) groups is 1. The van der Waals surface area contributed by atoms with Gasteiger partial charge >= 0.3 is 0 Å². The van der Waals surface area contributed by atoms with Gasteiger partial charge in [-0.15, -0.1) is 0 Å². The average molecular weight is 255 g/mol. The molecule has 3 N–H and O–H groups in total. The summed E-state index contributed by atoms with van der Waals surface area (Å²) < 4.78 is 0. The molecule has 98 valence electrons. The summed E-state index contributed by atoms with van der Waals surface area (Å²) in [5, 5.41) is 4.08. The first-order chi connectivity index (χ1) is 8.29. The first-order valence-electron chi connectivity index (χ1n) is 7.01. The molecule has 2 aliphatic carbocycles. The molecule has 0 aromatic carbocycles. The van der Waals surface area contributed by atoms with Crippen LogP contribution in [0, 0.1) is 0 Å². The van der Waals surface area contributed by atoms with Crippen molar-refractivity contribution in [2.75, 3.05) is 5.75 Å². The summed E-state index contributed by atoms with van der Waals surface area (Å²) in [7, 11) is 0. The van der Waals surface area contributed by atoms with E-state index >= 15 is 0 Å². The van der Waals surface area contributed by atoms with Crippen LogP contribution in [-0.4, -0.2) is 29.0 Å². The van der Waals surface area contributed by atoms with Gasteiger partial charge in [0.25, 0.3) is 0 Å². The molecule has 0 aromatic heterocycles. The maximum absolute atomic E-state index is 6.02. The molecule has 4 heteroatoms. The van der Waals surface area contributed by atoms with Gasteiger partial charge in [-0.05, 0) is 31.4 Å². The van der Waals surface area contributed by atoms with Crippen LogP contribution in [0.1, 0.15) is 51.9 Å². The fourth-order valence-electron chi connectivity index (χ4n) is 2.96. The smallest absolute Gasteiger partial charge is 0.189 e. The lowest BCUT2D eigenvalue weighted by molar-refractivity contribution is 0.617. The lowest BCUT2D eigenvalue weighted by Gasteiger charge is -2.17. The Morgan fingerprint density at radius 2 is 2.00 bits per heavy atom. The zero-order valence-corrected chi connectivity index (χ0v) is 11.6. The largest absolute Gasteiger partial charge is 0.370 e. The van der Waals surface area contributed by atoms with Crippen LogP contribution in [0.2, 0.25) is 0 Å². The van der Waals surface area contributed by atoms with Crippen LogP contribution in [0.15, 0.2) is 4.99 Å². The van der Waals surface area contributed by atoms with Gasteiger partial charge in [0, 0.05) is 11.3 Å². The van der Waals surface area contributed by atoms with Gasteiger partial charge in [0.2, 0.25) is 0 Å². The molecule has 0 saturated heterocycles. The number of nitrogens with one attached hydrogen (secondary N) is 1. The lowest BCUT2D eigenvalue weighted by atomic mass is 10.2. The number of hydrogen-bond acceptors (Lipinski definition) is 2. The summed E-state index contributed by atoms with van der Waals surface area (Å²) in [6.45, 7) is 2.23. The van der Waals surface area contributed by atoms with E-state index in [0.717, 1.165) is 0 Å². The first kappa shape index (κ1) is 13.1. The van der Waals surface area contributed by atoms with E-state index in [4.69, 9.17) is 10.7 Å². The molecule has 0 aromatic rings. The molecule has 2 aliphatic rings. The van der Waals surface area contributed by atoms with Gasteiger partial charge in [0.15, 0.2) is 5.96 Å². The van der Waals surface area contributed by atoms with E-state index in [2.05, 4.69) is 12.2 Å². The number of aliphatic imine (C=N–C) groups is 1. The lowest BCUT2D eigenvalue weighted by Crippen LogP contribution is -2.39. The highest BCUT2D eigenvalue weighted by molar-refractivity contribution is 7.99. The normalized spacial score (nSPS) is 31.0. The van der Waals surface area contributed by atoms with Crippen LogP contribution in [0.25, 0.3) is 0 Å². The van der Waals surface area contributed by atoms with Crippen molar-refractivity contribution in [2.45, 2.75) is 69.2 Å². The van der Waals surface area contributed by atoms with Crippen molar-refractivity contribution in [1.29, 1.82) is 0 Å². The minimum atomic E-state index is 0.453. The van der Waals surface area contributed by atoms with Crippen molar-refractivity contribution in [3.8, 4) is 0 Å². The fourth-order valence-corrected chi connectivity index (χ4v) is 4.14. The molecular weight excluding hydrogens is 230 g/mol. The fraction of sp³-hybridized carbons (Fsp3) is 0.923. The molecule has 0 amide bonds. The molecule has 2 fully saturated rings. The molecule has 0 bridgehead atoms. The maximum atomic E-state index is 6.02. The molecule has 2 saturated carbocycles. The summed E-state index contributed by atoms with van der Waals surface area (Å²) in [6.07, 6.45) is 9.02. The van der Waals surface area contributed by atoms with E-state index in [0.29, 0.717) is 23.3 Å². The Kier molecular flexibility index (Phi) is 5.01.